The van der Waals surface area contributed by atoms with Gasteiger partial charge in [0.25, 0.3) is 0 Å². The second-order valence-electron chi connectivity index (χ2n) is 1.44. The molecule has 2 nitrogen and oxygen atoms in total. The number of rotatable bonds is 0. The first-order valence-electron chi connectivity index (χ1n) is 2.06. The molecule has 1 heterocycles. The zero-order valence-electron chi connectivity index (χ0n) is 4.18. The summed E-state index contributed by atoms with van der Waals surface area (Å²) in [5, 5.41) is 6.88. The number of hydrogen-bond donors (Lipinski definition) is 1. The summed E-state index contributed by atoms with van der Waals surface area (Å²) in [7, 11) is 13.0. The molecule has 0 saturated heterocycles. The van der Waals surface area contributed by atoms with Crippen LogP contribution in [0.1, 0.15) is 0 Å². The lowest BCUT2D eigenvalue weighted by molar-refractivity contribution is 1.14. The molecule has 0 spiro atoms. The van der Waals surface area contributed by atoms with Crippen molar-refractivity contribution in [3.05, 3.63) is 0 Å². The molecule has 1 aromatic heterocycles. The predicted octanol–water partition coefficient (Wildman–Crippen LogP) is -2.50. The number of nitrogens with zero attached hydrogens (tertiary/aromatic N) is 1. The first kappa shape index (κ1) is 5.90. The van der Waals surface area contributed by atoms with Crippen molar-refractivity contribution < 1.29 is 0 Å². The van der Waals surface area contributed by atoms with E-state index in [0.29, 0.717) is 11.2 Å². The summed E-state index contributed by atoms with van der Waals surface area (Å²) in [5.74, 6) is 0. The predicted molar refractivity (Wildman–Crippen MR) is 38.7 cm³/mol. The fourth-order valence-corrected chi connectivity index (χ4v) is 0.508. The Labute approximate surface area is 52.5 Å². The van der Waals surface area contributed by atoms with E-state index in [2.05, 4.69) is 19.4 Å². The van der Waals surface area contributed by atoms with Crippen LogP contribution in [0.4, 0.5) is 0 Å². The molecule has 0 saturated carbocycles. The van der Waals surface area contributed by atoms with E-state index in [1.807, 2.05) is 0 Å². The van der Waals surface area contributed by atoms with Gasteiger partial charge in [-0.15, -0.1) is 9.24 Å². The van der Waals surface area contributed by atoms with Crippen molar-refractivity contribution in [2.24, 2.45) is 0 Å². The van der Waals surface area contributed by atoms with Gasteiger partial charge >= 0.3 is 0 Å². The van der Waals surface area contributed by atoms with Crippen LogP contribution in [0.3, 0.4) is 0 Å². The molecule has 0 aromatic carbocycles. The van der Waals surface area contributed by atoms with E-state index in [-0.39, 0.29) is 0 Å². The average molecular weight is 120 g/mol. The van der Waals surface area contributed by atoms with Crippen molar-refractivity contribution in [3.63, 3.8) is 0 Å². The van der Waals surface area contributed by atoms with E-state index >= 15 is 0 Å². The van der Waals surface area contributed by atoms with Gasteiger partial charge < -0.3 is 0 Å². The third-order valence-electron chi connectivity index (χ3n) is 0.863. The van der Waals surface area contributed by atoms with Crippen LogP contribution in [0.2, 0.25) is 0 Å². The highest BCUT2D eigenvalue weighted by molar-refractivity contribution is 7.29. The molecular weight excluding hydrogens is 117 g/mol. The Balaban J connectivity index is 3.19. The van der Waals surface area contributed by atoms with Gasteiger partial charge in [0.05, 0.1) is 0 Å². The highest BCUT2D eigenvalue weighted by atomic mass is 31.0. The smallest absolute Gasteiger partial charge is 0.145 e. The first-order chi connectivity index (χ1) is 3.72. The van der Waals surface area contributed by atoms with E-state index < -0.39 is 0 Å². The molecular formula is C3H3B2N2P. The molecule has 0 aliphatic carbocycles. The fraction of sp³-hybridized carbons (Fsp3) is 0. The topological polar surface area (TPSA) is 28.7 Å². The zero-order valence-corrected chi connectivity index (χ0v) is 5.33. The van der Waals surface area contributed by atoms with Gasteiger partial charge in [-0.1, -0.05) is 0 Å². The minimum absolute atomic E-state index is 0.438. The van der Waals surface area contributed by atoms with Gasteiger partial charge in [0.15, 0.2) is 0 Å². The van der Waals surface area contributed by atoms with Gasteiger partial charge in [0, 0.05) is 5.59 Å². The number of aromatic nitrogens is 2. The van der Waals surface area contributed by atoms with Crippen molar-refractivity contribution in [2.75, 3.05) is 0 Å². The summed E-state index contributed by atoms with van der Waals surface area (Å²) in [4.78, 5) is 0. The molecule has 1 N–H and O–H groups in total. The highest BCUT2D eigenvalue weighted by Gasteiger charge is 1.95. The van der Waals surface area contributed by atoms with Gasteiger partial charge in [-0.2, -0.15) is 5.10 Å². The molecule has 0 bridgehead atoms. The molecule has 1 aromatic rings. The number of H-pyrrole nitrogens is 1. The molecule has 0 aliphatic heterocycles. The normalized spacial score (nSPS) is 9.62. The average Bonchev–Trinajstić information content (AvgIpc) is 1.98. The van der Waals surface area contributed by atoms with E-state index in [4.69, 9.17) is 15.7 Å². The van der Waals surface area contributed by atoms with Crippen molar-refractivity contribution in [2.45, 2.75) is 0 Å². The molecule has 1 rings (SSSR count). The van der Waals surface area contributed by atoms with Crippen molar-refractivity contribution in [1.82, 2.24) is 10.2 Å². The maximum absolute atomic E-state index is 5.32. The van der Waals surface area contributed by atoms with Crippen LogP contribution in [0.15, 0.2) is 0 Å². The van der Waals surface area contributed by atoms with Gasteiger partial charge in [-0.3, -0.25) is 5.10 Å². The zero-order chi connectivity index (χ0) is 6.15. The summed E-state index contributed by atoms with van der Waals surface area (Å²) < 4.78 is 0. The summed E-state index contributed by atoms with van der Waals surface area (Å²) in [6, 6.07) is 0. The van der Waals surface area contributed by atoms with Crippen LogP contribution in [0, 0.1) is 0 Å². The van der Waals surface area contributed by atoms with Crippen LogP contribution >= 0.6 is 9.24 Å². The van der Waals surface area contributed by atoms with E-state index in [1.54, 1.807) is 0 Å². The van der Waals surface area contributed by atoms with Crippen LogP contribution in [-0.4, -0.2) is 25.9 Å². The Bertz CT molecular complexity index is 178. The van der Waals surface area contributed by atoms with Crippen molar-refractivity contribution >= 4 is 41.4 Å². The third-order valence-corrected chi connectivity index (χ3v) is 1.47. The molecule has 1 unspecified atom stereocenters. The largest absolute Gasteiger partial charge is 0.293 e. The maximum atomic E-state index is 5.32. The first-order valence-corrected chi connectivity index (χ1v) is 2.64. The van der Waals surface area contributed by atoms with Crippen LogP contribution in [-0.2, 0) is 0 Å². The molecule has 5 heteroatoms. The minimum atomic E-state index is 0.438. The third kappa shape index (κ3) is 0.805. The number of aromatic amines is 1. The Kier molecular flexibility index (Phi) is 1.43. The summed E-state index contributed by atoms with van der Waals surface area (Å²) in [6.45, 7) is 0. The van der Waals surface area contributed by atoms with Crippen LogP contribution < -0.4 is 16.5 Å². The molecule has 4 radical (unpaired) electrons. The Morgan fingerprint density at radius 2 is 2.12 bits per heavy atom. The summed E-state index contributed by atoms with van der Waals surface area (Å²) >= 11 is 0. The Morgan fingerprint density at radius 1 is 1.50 bits per heavy atom. The van der Waals surface area contributed by atoms with E-state index in [9.17, 15) is 0 Å². The fourth-order valence-electron chi connectivity index (χ4n) is 0.379. The van der Waals surface area contributed by atoms with Gasteiger partial charge in [0.1, 0.15) is 15.7 Å². The van der Waals surface area contributed by atoms with Crippen LogP contribution in [0.25, 0.3) is 0 Å². The standard InChI is InChI=1S/C3H3B2N2P/c4-2-1(8)3(5)7-6-2/h8H2,(H,6,7). The van der Waals surface area contributed by atoms with Gasteiger partial charge in [-0.25, -0.2) is 0 Å². The summed E-state index contributed by atoms with van der Waals surface area (Å²) in [5.41, 5.74) is 0.944. The maximum Gasteiger partial charge on any atom is 0.145 e. The lowest BCUT2D eigenvalue weighted by Crippen LogP contribution is -2.27. The van der Waals surface area contributed by atoms with E-state index in [1.165, 1.54) is 0 Å². The monoisotopic (exact) mass is 120 g/mol. The van der Waals surface area contributed by atoms with Gasteiger partial charge in [0.2, 0.25) is 0 Å². The lowest BCUT2D eigenvalue weighted by Gasteiger charge is -1.84. The van der Waals surface area contributed by atoms with E-state index in [0.717, 1.165) is 5.30 Å². The van der Waals surface area contributed by atoms with Crippen molar-refractivity contribution in [1.29, 1.82) is 0 Å². The number of nitrogens with one attached hydrogen (secondary N) is 1. The SMILES string of the molecule is [B]c1n[nH]c([B])c1P. The molecule has 8 heavy (non-hydrogen) atoms. The lowest BCUT2D eigenvalue weighted by atomic mass is 9.99. The van der Waals surface area contributed by atoms with Crippen LogP contribution in [0.5, 0.6) is 0 Å². The highest BCUT2D eigenvalue weighted by Crippen LogP contribution is 1.72. The molecule has 0 aliphatic rings. The van der Waals surface area contributed by atoms with Crippen molar-refractivity contribution in [3.8, 4) is 0 Å². The Morgan fingerprint density at radius 3 is 2.25 bits per heavy atom. The molecule has 0 fully saturated rings. The molecule has 36 valence electrons. The quantitative estimate of drug-likeness (QED) is 0.297. The summed E-state index contributed by atoms with van der Waals surface area (Å²) in [6.07, 6.45) is 0. The second-order valence-corrected chi connectivity index (χ2v) is 2.01. The number of hydrogen-bond acceptors (Lipinski definition) is 1. The minimum Gasteiger partial charge on any atom is -0.293 e. The second kappa shape index (κ2) is 1.94. The molecule has 0 amide bonds. The van der Waals surface area contributed by atoms with Gasteiger partial charge in [-0.05, 0) is 10.9 Å². The molecule has 1 atom stereocenters. The Hall–Kier alpha value is -0.230.